The summed E-state index contributed by atoms with van der Waals surface area (Å²) in [6, 6.07) is 8.14. The zero-order chi connectivity index (χ0) is 15.0. The molecule has 0 unspecified atom stereocenters. The second kappa shape index (κ2) is 5.56. The van der Waals surface area contributed by atoms with Crippen LogP contribution in [-0.4, -0.2) is 20.3 Å². The molecule has 0 saturated carbocycles. The number of nitrogens with two attached hydrogens (primary N) is 1. The van der Waals surface area contributed by atoms with Gasteiger partial charge in [-0.25, -0.2) is 9.97 Å². The molecule has 5 heteroatoms. The first-order valence-corrected chi connectivity index (χ1v) is 8.27. The van der Waals surface area contributed by atoms with E-state index in [2.05, 4.69) is 36.4 Å². The summed E-state index contributed by atoms with van der Waals surface area (Å²) >= 11 is 1.76. The molecule has 3 rings (SSSR count). The van der Waals surface area contributed by atoms with Crippen LogP contribution in [0.1, 0.15) is 20.8 Å². The van der Waals surface area contributed by atoms with Crippen LogP contribution in [-0.2, 0) is 6.54 Å². The Balaban J connectivity index is 2.39. The highest BCUT2D eigenvalue weighted by Gasteiger charge is 2.17. The van der Waals surface area contributed by atoms with E-state index in [-0.39, 0.29) is 0 Å². The third-order valence-electron chi connectivity index (χ3n) is 3.40. The zero-order valence-electron chi connectivity index (χ0n) is 12.6. The maximum absolute atomic E-state index is 6.14. The van der Waals surface area contributed by atoms with Crippen molar-refractivity contribution in [1.82, 2.24) is 14.5 Å². The molecule has 0 atom stereocenters. The Bertz CT molecular complexity index is 792. The number of hydrogen-bond donors (Lipinski definition) is 1. The lowest BCUT2D eigenvalue weighted by molar-refractivity contribution is 0.505. The van der Waals surface area contributed by atoms with E-state index >= 15 is 0 Å². The van der Waals surface area contributed by atoms with Gasteiger partial charge in [-0.15, -0.1) is 0 Å². The van der Waals surface area contributed by atoms with Gasteiger partial charge in [-0.1, -0.05) is 50.7 Å². The second-order valence-electron chi connectivity index (χ2n) is 5.54. The molecule has 3 aromatic rings. The van der Waals surface area contributed by atoms with Gasteiger partial charge >= 0.3 is 0 Å². The van der Waals surface area contributed by atoms with Crippen molar-refractivity contribution in [3.05, 3.63) is 24.3 Å². The van der Waals surface area contributed by atoms with Gasteiger partial charge in [-0.05, 0) is 17.7 Å². The fourth-order valence-electron chi connectivity index (χ4n) is 2.61. The number of nitrogens with zero attached hydrogens (tertiary/aromatic N) is 3. The smallest absolute Gasteiger partial charge is 0.169 e. The van der Waals surface area contributed by atoms with Crippen LogP contribution in [0.25, 0.3) is 21.9 Å². The monoisotopic (exact) mass is 300 g/mol. The van der Waals surface area contributed by atoms with E-state index in [9.17, 15) is 0 Å². The average Bonchev–Trinajstić information content (AvgIpc) is 2.79. The highest BCUT2D eigenvalue weighted by molar-refractivity contribution is 7.99. The van der Waals surface area contributed by atoms with E-state index in [4.69, 9.17) is 10.7 Å². The van der Waals surface area contributed by atoms with Gasteiger partial charge in [-0.2, -0.15) is 0 Å². The first-order chi connectivity index (χ1) is 10.1. The van der Waals surface area contributed by atoms with Crippen molar-refractivity contribution in [3.8, 4) is 0 Å². The molecule has 2 heterocycles. The molecule has 0 bridgehead atoms. The van der Waals surface area contributed by atoms with Crippen LogP contribution in [0.15, 0.2) is 29.4 Å². The minimum absolute atomic E-state index is 0.518. The number of rotatable bonds is 4. The van der Waals surface area contributed by atoms with E-state index in [1.54, 1.807) is 11.8 Å². The van der Waals surface area contributed by atoms with Crippen LogP contribution < -0.4 is 5.73 Å². The van der Waals surface area contributed by atoms with Crippen LogP contribution in [0, 0.1) is 5.92 Å². The lowest BCUT2D eigenvalue weighted by Gasteiger charge is -2.12. The molecule has 0 aliphatic rings. The number of aromatic nitrogens is 3. The first-order valence-electron chi connectivity index (χ1n) is 7.29. The Morgan fingerprint density at radius 3 is 2.71 bits per heavy atom. The summed E-state index contributed by atoms with van der Waals surface area (Å²) in [4.78, 5) is 9.23. The standard InChI is InChI=1S/C16H20N4S/c1-4-21-16-19-13-14(20(16)9-10(2)3)11-7-5-6-8-12(11)18-15(13)17/h5-8,10H,4,9H2,1-3H3,(H2,17,18). The molecule has 110 valence electrons. The normalized spacial score (nSPS) is 11.8. The fraction of sp³-hybridized carbons (Fsp3) is 0.375. The summed E-state index contributed by atoms with van der Waals surface area (Å²) < 4.78 is 2.30. The number of nitrogen functional groups attached to an aromatic ring is 1. The Morgan fingerprint density at radius 1 is 1.24 bits per heavy atom. The van der Waals surface area contributed by atoms with Gasteiger partial charge in [0.2, 0.25) is 0 Å². The summed E-state index contributed by atoms with van der Waals surface area (Å²) in [6.45, 7) is 7.52. The molecule has 0 fully saturated rings. The lowest BCUT2D eigenvalue weighted by atomic mass is 10.1. The van der Waals surface area contributed by atoms with Crippen LogP contribution in [0.3, 0.4) is 0 Å². The van der Waals surface area contributed by atoms with Crippen molar-refractivity contribution >= 4 is 39.5 Å². The van der Waals surface area contributed by atoms with Crippen LogP contribution >= 0.6 is 11.8 Å². The van der Waals surface area contributed by atoms with Crippen LogP contribution in [0.4, 0.5) is 5.82 Å². The molecule has 0 saturated heterocycles. The number of thioether (sulfide) groups is 1. The molecule has 2 aromatic heterocycles. The predicted octanol–water partition coefficient (Wildman–Crippen LogP) is 3.93. The van der Waals surface area contributed by atoms with Gasteiger partial charge < -0.3 is 10.3 Å². The molecule has 21 heavy (non-hydrogen) atoms. The van der Waals surface area contributed by atoms with Crippen molar-refractivity contribution < 1.29 is 0 Å². The van der Waals surface area contributed by atoms with Gasteiger partial charge in [0.05, 0.1) is 11.0 Å². The van der Waals surface area contributed by atoms with Gasteiger partial charge in [0.1, 0.15) is 5.52 Å². The van der Waals surface area contributed by atoms with Gasteiger partial charge in [-0.3, -0.25) is 0 Å². The lowest BCUT2D eigenvalue weighted by Crippen LogP contribution is -2.06. The molecule has 2 N–H and O–H groups in total. The third kappa shape index (κ3) is 2.46. The Morgan fingerprint density at radius 2 is 2.00 bits per heavy atom. The molecule has 0 aliphatic carbocycles. The number of para-hydroxylation sites is 1. The fourth-order valence-corrected chi connectivity index (χ4v) is 3.35. The number of anilines is 1. The summed E-state index contributed by atoms with van der Waals surface area (Å²) in [7, 11) is 0. The average molecular weight is 300 g/mol. The Kier molecular flexibility index (Phi) is 3.76. The van der Waals surface area contributed by atoms with Crippen molar-refractivity contribution in [2.24, 2.45) is 5.92 Å². The molecule has 0 aliphatic heterocycles. The van der Waals surface area contributed by atoms with E-state index in [0.717, 1.165) is 39.4 Å². The minimum Gasteiger partial charge on any atom is -0.382 e. The number of imidazole rings is 1. The molecule has 0 amide bonds. The number of hydrogen-bond acceptors (Lipinski definition) is 4. The topological polar surface area (TPSA) is 56.7 Å². The maximum Gasteiger partial charge on any atom is 0.169 e. The third-order valence-corrected chi connectivity index (χ3v) is 4.25. The summed E-state index contributed by atoms with van der Waals surface area (Å²) in [5, 5.41) is 2.16. The van der Waals surface area contributed by atoms with Crippen molar-refractivity contribution in [2.45, 2.75) is 32.5 Å². The van der Waals surface area contributed by atoms with E-state index in [0.29, 0.717) is 11.7 Å². The highest BCUT2D eigenvalue weighted by atomic mass is 32.2. The molecular formula is C16H20N4S. The molecule has 0 spiro atoms. The molecule has 4 nitrogen and oxygen atoms in total. The summed E-state index contributed by atoms with van der Waals surface area (Å²) in [5.74, 6) is 2.06. The van der Waals surface area contributed by atoms with E-state index in [1.165, 1.54) is 0 Å². The maximum atomic E-state index is 6.14. The van der Waals surface area contributed by atoms with Crippen molar-refractivity contribution in [2.75, 3.05) is 11.5 Å². The minimum atomic E-state index is 0.518. The van der Waals surface area contributed by atoms with Crippen molar-refractivity contribution in [3.63, 3.8) is 0 Å². The van der Waals surface area contributed by atoms with Crippen LogP contribution in [0.5, 0.6) is 0 Å². The predicted molar refractivity (Wildman–Crippen MR) is 90.7 cm³/mol. The van der Waals surface area contributed by atoms with Gasteiger partial charge in [0.15, 0.2) is 11.0 Å². The SMILES string of the molecule is CCSc1nc2c(N)nc3ccccc3c2n1CC(C)C. The van der Waals surface area contributed by atoms with Crippen LogP contribution in [0.2, 0.25) is 0 Å². The number of benzene rings is 1. The molecule has 0 radical (unpaired) electrons. The summed E-state index contributed by atoms with van der Waals surface area (Å²) in [5.41, 5.74) is 9.00. The first kappa shape index (κ1) is 14.2. The molecular weight excluding hydrogens is 280 g/mol. The largest absolute Gasteiger partial charge is 0.382 e. The van der Waals surface area contributed by atoms with E-state index < -0.39 is 0 Å². The van der Waals surface area contributed by atoms with E-state index in [1.807, 2.05) is 18.2 Å². The number of fused-ring (bicyclic) bond motifs is 3. The summed E-state index contributed by atoms with van der Waals surface area (Å²) in [6.07, 6.45) is 0. The zero-order valence-corrected chi connectivity index (χ0v) is 13.4. The second-order valence-corrected chi connectivity index (χ2v) is 6.77. The van der Waals surface area contributed by atoms with Gasteiger partial charge in [0.25, 0.3) is 0 Å². The molecule has 1 aromatic carbocycles. The Hall–Kier alpha value is -1.75. The quantitative estimate of drug-likeness (QED) is 0.742. The van der Waals surface area contributed by atoms with Gasteiger partial charge in [0, 0.05) is 11.9 Å². The van der Waals surface area contributed by atoms with Crippen molar-refractivity contribution in [1.29, 1.82) is 0 Å². The highest BCUT2D eigenvalue weighted by Crippen LogP contribution is 2.32. The number of pyridine rings is 1. The Labute approximate surface area is 128 Å².